The molecule has 0 atom stereocenters. The van der Waals surface area contributed by atoms with Gasteiger partial charge in [-0.25, -0.2) is 9.79 Å². The molecule has 7 heteroatoms. The number of hydrogen-bond acceptors (Lipinski definition) is 4. The zero-order valence-corrected chi connectivity index (χ0v) is 17.5. The first-order chi connectivity index (χ1) is 12.6. The van der Waals surface area contributed by atoms with E-state index < -0.39 is 5.60 Å². The predicted octanol–water partition coefficient (Wildman–Crippen LogP) is 2.43. The van der Waals surface area contributed by atoms with Crippen LogP contribution in [0.1, 0.15) is 31.9 Å². The van der Waals surface area contributed by atoms with Crippen LogP contribution in [0.25, 0.3) is 0 Å². The van der Waals surface area contributed by atoms with Gasteiger partial charge in [-0.3, -0.25) is 0 Å². The summed E-state index contributed by atoms with van der Waals surface area (Å²) in [5.74, 6) is 0.523. The van der Waals surface area contributed by atoms with Crippen LogP contribution in [0.4, 0.5) is 10.5 Å². The fourth-order valence-electron chi connectivity index (χ4n) is 2.85. The van der Waals surface area contributed by atoms with E-state index in [0.29, 0.717) is 38.7 Å². The number of nitrogens with zero attached hydrogens (tertiary/aromatic N) is 4. The monoisotopic (exact) mass is 375 g/mol. The molecule has 0 spiro atoms. The van der Waals surface area contributed by atoms with Crippen LogP contribution >= 0.6 is 0 Å². The standard InChI is InChI=1S/C20H33N5O2/c1-15-13-17(23(5)6)8-7-16(15)14-22-18(21)24-9-11-25(12-10-24)19(26)27-20(2,3)4/h7-8,13H,9-12,14H2,1-6H3,(H2,21,22). The van der Waals surface area contributed by atoms with Gasteiger partial charge in [-0.2, -0.15) is 0 Å². The van der Waals surface area contributed by atoms with Crippen LogP contribution in [-0.4, -0.2) is 67.7 Å². The average molecular weight is 376 g/mol. The van der Waals surface area contributed by atoms with Crippen molar-refractivity contribution in [2.75, 3.05) is 45.2 Å². The SMILES string of the molecule is Cc1cc(N(C)C)ccc1CN=C(N)N1CCN(C(=O)OC(C)(C)C)CC1. The largest absolute Gasteiger partial charge is 0.444 e. The molecule has 0 radical (unpaired) electrons. The number of carbonyl (C=O) groups is 1. The number of ether oxygens (including phenoxy) is 1. The third-order valence-corrected chi connectivity index (χ3v) is 4.51. The molecule has 0 saturated carbocycles. The lowest BCUT2D eigenvalue weighted by atomic mass is 10.1. The molecule has 1 amide bonds. The molecule has 150 valence electrons. The highest BCUT2D eigenvalue weighted by molar-refractivity contribution is 5.78. The number of carbonyl (C=O) groups excluding carboxylic acids is 1. The Balaban J connectivity index is 1.90. The van der Waals surface area contributed by atoms with Crippen molar-refractivity contribution in [1.29, 1.82) is 0 Å². The van der Waals surface area contributed by atoms with E-state index >= 15 is 0 Å². The number of guanidine groups is 1. The van der Waals surface area contributed by atoms with E-state index in [1.807, 2.05) is 39.8 Å². The molecule has 1 fully saturated rings. The van der Waals surface area contributed by atoms with Crippen LogP contribution in [0.5, 0.6) is 0 Å². The van der Waals surface area contributed by atoms with Gasteiger partial charge in [0.1, 0.15) is 5.60 Å². The maximum atomic E-state index is 12.1. The molecule has 27 heavy (non-hydrogen) atoms. The van der Waals surface area contributed by atoms with Crippen molar-refractivity contribution >= 4 is 17.7 Å². The number of piperazine rings is 1. The van der Waals surface area contributed by atoms with E-state index in [1.54, 1.807) is 4.90 Å². The lowest BCUT2D eigenvalue weighted by Gasteiger charge is -2.36. The lowest BCUT2D eigenvalue weighted by molar-refractivity contribution is 0.0186. The minimum absolute atomic E-state index is 0.269. The Morgan fingerprint density at radius 1 is 1.19 bits per heavy atom. The highest BCUT2D eigenvalue weighted by Crippen LogP contribution is 2.18. The first-order valence-corrected chi connectivity index (χ1v) is 9.36. The van der Waals surface area contributed by atoms with Gasteiger partial charge in [0.2, 0.25) is 0 Å². The highest BCUT2D eigenvalue weighted by Gasteiger charge is 2.26. The van der Waals surface area contributed by atoms with E-state index in [2.05, 4.69) is 35.0 Å². The van der Waals surface area contributed by atoms with E-state index in [-0.39, 0.29) is 6.09 Å². The fourth-order valence-corrected chi connectivity index (χ4v) is 2.85. The predicted molar refractivity (Wildman–Crippen MR) is 110 cm³/mol. The van der Waals surface area contributed by atoms with Crippen molar-refractivity contribution in [2.45, 2.75) is 39.8 Å². The van der Waals surface area contributed by atoms with Gasteiger partial charge < -0.3 is 25.2 Å². The van der Waals surface area contributed by atoms with Crippen LogP contribution in [-0.2, 0) is 11.3 Å². The Hall–Kier alpha value is -2.44. The summed E-state index contributed by atoms with van der Waals surface area (Å²) in [5, 5.41) is 0. The molecule has 0 aliphatic carbocycles. The van der Waals surface area contributed by atoms with Gasteiger partial charge in [0.25, 0.3) is 0 Å². The average Bonchev–Trinajstić information content (AvgIpc) is 2.59. The first-order valence-electron chi connectivity index (χ1n) is 9.36. The van der Waals surface area contributed by atoms with Crippen molar-refractivity contribution in [1.82, 2.24) is 9.80 Å². The number of aryl methyl sites for hydroxylation is 1. The zero-order valence-electron chi connectivity index (χ0n) is 17.5. The molecule has 1 saturated heterocycles. The lowest BCUT2D eigenvalue weighted by Crippen LogP contribution is -2.53. The summed E-state index contributed by atoms with van der Waals surface area (Å²) in [6, 6.07) is 6.34. The first kappa shape index (κ1) is 20.9. The molecule has 2 rings (SSSR count). The summed E-state index contributed by atoms with van der Waals surface area (Å²) in [7, 11) is 4.06. The molecule has 1 aliphatic heterocycles. The second-order valence-electron chi connectivity index (χ2n) is 8.13. The van der Waals surface area contributed by atoms with Crippen molar-refractivity contribution in [2.24, 2.45) is 10.7 Å². The van der Waals surface area contributed by atoms with Crippen molar-refractivity contribution in [3.8, 4) is 0 Å². The highest BCUT2D eigenvalue weighted by atomic mass is 16.6. The molecule has 2 N–H and O–H groups in total. The van der Waals surface area contributed by atoms with Gasteiger partial charge in [0.15, 0.2) is 5.96 Å². The molecule has 0 aromatic heterocycles. The topological polar surface area (TPSA) is 74.4 Å². The third kappa shape index (κ3) is 6.05. The summed E-state index contributed by atoms with van der Waals surface area (Å²) in [6.07, 6.45) is -0.269. The molecule has 0 bridgehead atoms. The molecule has 7 nitrogen and oxygen atoms in total. The Kier molecular flexibility index (Phi) is 6.57. The summed E-state index contributed by atoms with van der Waals surface area (Å²) >= 11 is 0. The number of aliphatic imine (C=N–C) groups is 1. The van der Waals surface area contributed by atoms with Crippen LogP contribution < -0.4 is 10.6 Å². The summed E-state index contributed by atoms with van der Waals surface area (Å²) in [6.45, 7) is 10.8. The van der Waals surface area contributed by atoms with Gasteiger partial charge in [0, 0.05) is 46.0 Å². The van der Waals surface area contributed by atoms with Crippen molar-refractivity contribution in [3.63, 3.8) is 0 Å². The Bertz CT molecular complexity index is 686. The summed E-state index contributed by atoms with van der Waals surface area (Å²) in [5.41, 5.74) is 9.24. The quantitative estimate of drug-likeness (QED) is 0.649. The van der Waals surface area contributed by atoms with Crippen molar-refractivity contribution in [3.05, 3.63) is 29.3 Å². The number of nitrogens with two attached hydrogens (primary N) is 1. The second-order valence-corrected chi connectivity index (χ2v) is 8.13. The molecule has 0 unspecified atom stereocenters. The van der Waals surface area contributed by atoms with Gasteiger partial charge in [-0.15, -0.1) is 0 Å². The molecule has 1 aromatic carbocycles. The number of rotatable bonds is 3. The van der Waals surface area contributed by atoms with Gasteiger partial charge in [-0.1, -0.05) is 6.07 Å². The van der Waals surface area contributed by atoms with Crippen LogP contribution in [0.15, 0.2) is 23.2 Å². The van der Waals surface area contributed by atoms with Crippen LogP contribution in [0.2, 0.25) is 0 Å². The van der Waals surface area contributed by atoms with Crippen LogP contribution in [0.3, 0.4) is 0 Å². The molecular weight excluding hydrogens is 342 g/mol. The molecule has 1 heterocycles. The summed E-state index contributed by atoms with van der Waals surface area (Å²) < 4.78 is 5.42. The maximum absolute atomic E-state index is 12.1. The number of anilines is 1. The van der Waals surface area contributed by atoms with E-state index in [1.165, 1.54) is 11.3 Å². The number of benzene rings is 1. The second kappa shape index (κ2) is 8.50. The summed E-state index contributed by atoms with van der Waals surface area (Å²) in [4.78, 5) is 22.5. The molecule has 1 aromatic rings. The van der Waals surface area contributed by atoms with E-state index in [0.717, 1.165) is 5.56 Å². The minimum atomic E-state index is -0.477. The Labute approximate surface area is 162 Å². The van der Waals surface area contributed by atoms with Gasteiger partial charge in [0.05, 0.1) is 6.54 Å². The molecule has 1 aliphatic rings. The van der Waals surface area contributed by atoms with Crippen molar-refractivity contribution < 1.29 is 9.53 Å². The van der Waals surface area contributed by atoms with Gasteiger partial charge in [-0.05, 0) is 51.0 Å². The number of hydrogen-bond donors (Lipinski definition) is 1. The minimum Gasteiger partial charge on any atom is -0.444 e. The fraction of sp³-hybridized carbons (Fsp3) is 0.600. The number of amides is 1. The van der Waals surface area contributed by atoms with Gasteiger partial charge >= 0.3 is 6.09 Å². The zero-order chi connectivity index (χ0) is 20.2. The molecular formula is C20H33N5O2. The smallest absolute Gasteiger partial charge is 0.410 e. The Morgan fingerprint density at radius 2 is 1.78 bits per heavy atom. The third-order valence-electron chi connectivity index (χ3n) is 4.51. The normalized spacial score (nSPS) is 15.7. The maximum Gasteiger partial charge on any atom is 0.410 e. The Morgan fingerprint density at radius 3 is 2.30 bits per heavy atom. The van der Waals surface area contributed by atoms with E-state index in [4.69, 9.17) is 10.5 Å². The van der Waals surface area contributed by atoms with Crippen LogP contribution in [0, 0.1) is 6.92 Å². The van der Waals surface area contributed by atoms with E-state index in [9.17, 15) is 4.79 Å².